The zero-order valence-corrected chi connectivity index (χ0v) is 12.4. The van der Waals surface area contributed by atoms with Crippen LogP contribution in [0.4, 0.5) is 0 Å². The van der Waals surface area contributed by atoms with Crippen molar-refractivity contribution < 1.29 is 4.79 Å². The fourth-order valence-corrected chi connectivity index (χ4v) is 3.10. The number of nitriles is 1. The molecule has 0 saturated carbocycles. The van der Waals surface area contributed by atoms with Gasteiger partial charge in [0.1, 0.15) is 0 Å². The van der Waals surface area contributed by atoms with E-state index in [9.17, 15) is 10.1 Å². The summed E-state index contributed by atoms with van der Waals surface area (Å²) in [5, 5.41) is 13.4. The van der Waals surface area contributed by atoms with Crippen molar-refractivity contribution in [2.24, 2.45) is 0 Å². The molecule has 1 aliphatic heterocycles. The first kappa shape index (κ1) is 14.3. The third kappa shape index (κ3) is 2.74. The predicted molar refractivity (Wildman–Crippen MR) is 78.1 cm³/mol. The van der Waals surface area contributed by atoms with E-state index < -0.39 is 0 Å². The molecule has 1 aromatic carbocycles. The number of rotatable bonds is 2. The number of thioether (sulfide) groups is 1. The summed E-state index contributed by atoms with van der Waals surface area (Å²) < 4.78 is 0. The van der Waals surface area contributed by atoms with Crippen molar-refractivity contribution >= 4 is 40.9 Å². The van der Waals surface area contributed by atoms with Gasteiger partial charge in [0.15, 0.2) is 0 Å². The Morgan fingerprint density at radius 1 is 1.47 bits per heavy atom. The fourth-order valence-electron chi connectivity index (χ4n) is 2.04. The van der Waals surface area contributed by atoms with Crippen LogP contribution in [0.15, 0.2) is 28.8 Å². The second kappa shape index (κ2) is 5.87. The molecule has 1 aliphatic rings. The van der Waals surface area contributed by atoms with Gasteiger partial charge in [-0.15, -0.1) is 11.8 Å². The Balaban J connectivity index is 2.57. The molecule has 19 heavy (non-hydrogen) atoms. The Morgan fingerprint density at radius 2 is 2.21 bits per heavy atom. The number of nitrogens with one attached hydrogen (secondary N) is 1. The molecule has 3 nitrogen and oxygen atoms in total. The number of carbonyl (C=O) groups excluding carboxylic acids is 1. The SMILES string of the molecule is CSC1=C(C#N)C(c2cccc(Cl)c2Cl)CC(=O)N1. The molecule has 1 atom stereocenters. The van der Waals surface area contributed by atoms with Gasteiger partial charge in [0.2, 0.25) is 5.91 Å². The Kier molecular flexibility index (Phi) is 4.41. The monoisotopic (exact) mass is 312 g/mol. The Morgan fingerprint density at radius 3 is 2.84 bits per heavy atom. The number of allylic oxidation sites excluding steroid dienone is 1. The first-order valence-electron chi connectivity index (χ1n) is 5.50. The van der Waals surface area contributed by atoms with Gasteiger partial charge in [-0.2, -0.15) is 5.26 Å². The van der Waals surface area contributed by atoms with Gasteiger partial charge >= 0.3 is 0 Å². The molecule has 1 unspecified atom stereocenters. The lowest BCUT2D eigenvalue weighted by Gasteiger charge is -2.25. The minimum absolute atomic E-state index is 0.121. The second-order valence-electron chi connectivity index (χ2n) is 4.01. The van der Waals surface area contributed by atoms with Crippen LogP contribution in [0.1, 0.15) is 17.9 Å². The molecule has 1 heterocycles. The van der Waals surface area contributed by atoms with Crippen LogP contribution < -0.4 is 5.32 Å². The summed E-state index contributed by atoms with van der Waals surface area (Å²) in [6.07, 6.45) is 2.02. The van der Waals surface area contributed by atoms with E-state index in [2.05, 4.69) is 11.4 Å². The average Bonchev–Trinajstić information content (AvgIpc) is 2.40. The van der Waals surface area contributed by atoms with E-state index in [0.29, 0.717) is 26.2 Å². The van der Waals surface area contributed by atoms with Crippen molar-refractivity contribution in [2.75, 3.05) is 6.26 Å². The number of amides is 1. The zero-order chi connectivity index (χ0) is 14.0. The molecule has 0 bridgehead atoms. The van der Waals surface area contributed by atoms with E-state index in [-0.39, 0.29) is 18.2 Å². The molecule has 0 aliphatic carbocycles. The highest BCUT2D eigenvalue weighted by Crippen LogP contribution is 2.40. The third-order valence-corrected chi connectivity index (χ3v) is 4.48. The lowest BCUT2D eigenvalue weighted by molar-refractivity contribution is -0.120. The number of hydrogen-bond donors (Lipinski definition) is 1. The molecule has 0 fully saturated rings. The number of carbonyl (C=O) groups is 1. The second-order valence-corrected chi connectivity index (χ2v) is 5.61. The highest BCUT2D eigenvalue weighted by atomic mass is 35.5. The van der Waals surface area contributed by atoms with Gasteiger partial charge in [-0.05, 0) is 17.9 Å². The molecule has 1 aromatic rings. The lowest BCUT2D eigenvalue weighted by atomic mass is 9.87. The first-order valence-corrected chi connectivity index (χ1v) is 7.48. The van der Waals surface area contributed by atoms with Crippen molar-refractivity contribution in [3.05, 3.63) is 44.4 Å². The van der Waals surface area contributed by atoms with Gasteiger partial charge in [0.05, 0.1) is 26.7 Å². The topological polar surface area (TPSA) is 52.9 Å². The summed E-state index contributed by atoms with van der Waals surface area (Å²) in [5.41, 5.74) is 1.24. The minimum atomic E-state index is -0.340. The summed E-state index contributed by atoms with van der Waals surface area (Å²) in [6, 6.07) is 7.41. The average molecular weight is 313 g/mol. The number of hydrogen-bond acceptors (Lipinski definition) is 3. The van der Waals surface area contributed by atoms with Gasteiger partial charge < -0.3 is 5.32 Å². The van der Waals surface area contributed by atoms with E-state index in [1.54, 1.807) is 18.2 Å². The summed E-state index contributed by atoms with van der Waals surface area (Å²) in [5.74, 6) is -0.461. The van der Waals surface area contributed by atoms with Gasteiger partial charge in [0.25, 0.3) is 0 Å². The van der Waals surface area contributed by atoms with Gasteiger partial charge in [0, 0.05) is 12.3 Å². The van der Waals surface area contributed by atoms with Crippen LogP contribution in [0.2, 0.25) is 10.0 Å². The van der Waals surface area contributed by atoms with Crippen molar-refractivity contribution in [3.8, 4) is 6.07 Å². The zero-order valence-electron chi connectivity index (χ0n) is 10.0. The normalized spacial score (nSPS) is 19.1. The van der Waals surface area contributed by atoms with Crippen molar-refractivity contribution in [2.45, 2.75) is 12.3 Å². The smallest absolute Gasteiger partial charge is 0.225 e. The Bertz CT molecular complexity index is 607. The molecule has 0 radical (unpaired) electrons. The van der Waals surface area contributed by atoms with Crippen LogP contribution in [0.5, 0.6) is 0 Å². The molecule has 0 spiro atoms. The van der Waals surface area contributed by atoms with E-state index in [1.165, 1.54) is 11.8 Å². The Hall–Kier alpha value is -1.15. The molecule has 0 saturated heterocycles. The van der Waals surface area contributed by atoms with E-state index in [0.717, 1.165) is 0 Å². The van der Waals surface area contributed by atoms with Gasteiger partial charge in [-0.1, -0.05) is 35.3 Å². The third-order valence-electron chi connectivity index (χ3n) is 2.92. The molecule has 0 aromatic heterocycles. The summed E-state index contributed by atoms with van der Waals surface area (Å²) in [6.45, 7) is 0. The highest BCUT2D eigenvalue weighted by Gasteiger charge is 2.30. The largest absolute Gasteiger partial charge is 0.320 e. The molecule has 2 rings (SSSR count). The maximum absolute atomic E-state index is 11.7. The van der Waals surface area contributed by atoms with Crippen LogP contribution in [0, 0.1) is 11.3 Å². The van der Waals surface area contributed by atoms with Crippen molar-refractivity contribution in [1.82, 2.24) is 5.32 Å². The van der Waals surface area contributed by atoms with E-state index in [1.807, 2.05) is 6.26 Å². The molecule has 6 heteroatoms. The van der Waals surface area contributed by atoms with E-state index >= 15 is 0 Å². The maximum Gasteiger partial charge on any atom is 0.225 e. The molecule has 1 N–H and O–H groups in total. The van der Waals surface area contributed by atoms with Gasteiger partial charge in [-0.3, -0.25) is 4.79 Å². The standard InChI is InChI=1S/C13H10Cl2N2OS/c1-19-13-9(6-16)8(5-11(18)17-13)7-3-2-4-10(14)12(7)15/h2-4,8H,5H2,1H3,(H,17,18). The van der Waals surface area contributed by atoms with Crippen LogP contribution in [0.3, 0.4) is 0 Å². The maximum atomic E-state index is 11.7. The fraction of sp³-hybridized carbons (Fsp3) is 0.231. The quantitative estimate of drug-likeness (QED) is 0.906. The molecule has 98 valence electrons. The number of nitrogens with zero attached hydrogens (tertiary/aromatic N) is 1. The highest BCUT2D eigenvalue weighted by molar-refractivity contribution is 8.02. The van der Waals surface area contributed by atoms with Crippen LogP contribution in [-0.2, 0) is 4.79 Å². The Labute approximate surface area is 125 Å². The number of halogens is 2. The summed E-state index contributed by atoms with van der Waals surface area (Å²) >= 11 is 13.5. The van der Waals surface area contributed by atoms with Gasteiger partial charge in [-0.25, -0.2) is 0 Å². The van der Waals surface area contributed by atoms with Crippen molar-refractivity contribution in [3.63, 3.8) is 0 Å². The first-order chi connectivity index (χ1) is 9.08. The van der Waals surface area contributed by atoms with Crippen molar-refractivity contribution in [1.29, 1.82) is 5.26 Å². The number of benzene rings is 1. The lowest BCUT2D eigenvalue weighted by Crippen LogP contribution is -2.30. The summed E-state index contributed by atoms with van der Waals surface area (Å²) in [4.78, 5) is 11.7. The van der Waals surface area contributed by atoms with Crippen LogP contribution in [-0.4, -0.2) is 12.2 Å². The van der Waals surface area contributed by atoms with Crippen LogP contribution >= 0.6 is 35.0 Å². The molecule has 1 amide bonds. The predicted octanol–water partition coefficient (Wildman–Crippen LogP) is 3.70. The summed E-state index contributed by atoms with van der Waals surface area (Å²) in [7, 11) is 0. The molecular formula is C13H10Cl2N2OS. The minimum Gasteiger partial charge on any atom is -0.320 e. The van der Waals surface area contributed by atoms with E-state index in [4.69, 9.17) is 23.2 Å². The van der Waals surface area contributed by atoms with Crippen LogP contribution in [0.25, 0.3) is 0 Å². The molecular weight excluding hydrogens is 303 g/mol.